The number of aryl methyl sites for hydroxylation is 1. The fourth-order valence-electron chi connectivity index (χ4n) is 3.66. The number of anilines is 3. The quantitative estimate of drug-likeness (QED) is 0.320. The van der Waals surface area contributed by atoms with Crippen molar-refractivity contribution in [2.24, 2.45) is 0 Å². The minimum atomic E-state index is 0.0495. The van der Waals surface area contributed by atoms with Gasteiger partial charge >= 0.3 is 0 Å². The molecule has 0 aliphatic carbocycles. The highest BCUT2D eigenvalue weighted by molar-refractivity contribution is 5.84. The summed E-state index contributed by atoms with van der Waals surface area (Å²) in [6.45, 7) is 5.57. The number of hydrogen-bond acceptors (Lipinski definition) is 5. The molecule has 0 aliphatic heterocycles. The highest BCUT2D eigenvalue weighted by atomic mass is 16.5. The van der Waals surface area contributed by atoms with Crippen molar-refractivity contribution in [2.75, 3.05) is 4.90 Å². The summed E-state index contributed by atoms with van der Waals surface area (Å²) in [6.07, 6.45) is 0. The van der Waals surface area contributed by atoms with Crippen LogP contribution in [0.2, 0.25) is 0 Å². The Bertz CT molecular complexity index is 1230. The molecule has 4 rings (SSSR count). The van der Waals surface area contributed by atoms with Crippen molar-refractivity contribution in [2.45, 2.75) is 20.8 Å². The van der Waals surface area contributed by atoms with Crippen LogP contribution in [0.1, 0.15) is 16.7 Å². The van der Waals surface area contributed by atoms with Crippen LogP contribution in [0.4, 0.5) is 17.1 Å². The average molecular weight is 428 g/mol. The number of para-hydroxylation sites is 2. The molecule has 0 aliphatic rings. The normalized spacial score (nSPS) is 10.7. The van der Waals surface area contributed by atoms with E-state index in [4.69, 9.17) is 4.74 Å². The Morgan fingerprint density at radius 1 is 0.562 bits per heavy atom. The first kappa shape index (κ1) is 21.1. The molecular weight excluding hydrogens is 402 g/mol. The molecule has 0 atom stereocenters. The Hall–Kier alpha value is -4.12. The van der Waals surface area contributed by atoms with Crippen LogP contribution in [0, 0.1) is 20.8 Å². The highest BCUT2D eigenvalue weighted by Crippen LogP contribution is 2.46. The lowest BCUT2D eigenvalue weighted by Crippen LogP contribution is -2.13. The second kappa shape index (κ2) is 8.55. The van der Waals surface area contributed by atoms with E-state index in [1.54, 1.807) is 36.4 Å². The van der Waals surface area contributed by atoms with E-state index < -0.39 is 0 Å². The van der Waals surface area contributed by atoms with E-state index in [1.807, 2.05) is 68.1 Å². The van der Waals surface area contributed by atoms with E-state index in [0.717, 1.165) is 16.9 Å². The number of aromatic hydroxyl groups is 3. The van der Waals surface area contributed by atoms with Gasteiger partial charge in [0.05, 0.1) is 17.1 Å². The number of benzene rings is 4. The van der Waals surface area contributed by atoms with Crippen LogP contribution in [0.25, 0.3) is 0 Å². The molecule has 0 radical (unpaired) electrons. The maximum absolute atomic E-state index is 10.4. The summed E-state index contributed by atoms with van der Waals surface area (Å²) in [5.41, 5.74) is 4.46. The summed E-state index contributed by atoms with van der Waals surface area (Å²) >= 11 is 0. The van der Waals surface area contributed by atoms with Gasteiger partial charge in [-0.2, -0.15) is 0 Å². The van der Waals surface area contributed by atoms with Gasteiger partial charge in [-0.15, -0.1) is 0 Å². The first-order valence-electron chi connectivity index (χ1n) is 10.3. The Morgan fingerprint density at radius 3 is 1.72 bits per heavy atom. The smallest absolute Gasteiger partial charge is 0.169 e. The number of nitrogens with zero attached hydrogens (tertiary/aromatic N) is 1. The number of ether oxygens (including phenoxy) is 1. The van der Waals surface area contributed by atoms with Gasteiger partial charge in [0.1, 0.15) is 11.5 Å². The molecule has 32 heavy (non-hydrogen) atoms. The van der Waals surface area contributed by atoms with Crippen LogP contribution in [-0.2, 0) is 0 Å². The van der Waals surface area contributed by atoms with E-state index in [9.17, 15) is 15.3 Å². The molecule has 4 aromatic carbocycles. The Labute approximate surface area is 187 Å². The summed E-state index contributed by atoms with van der Waals surface area (Å²) in [5, 5.41) is 31.2. The first-order valence-corrected chi connectivity index (χ1v) is 10.3. The number of phenolic OH excluding ortho intramolecular Hbond substituents is 3. The predicted octanol–water partition coefficient (Wildman–Crippen LogP) is 6.99. The molecular formula is C27H25NO4. The lowest BCUT2D eigenvalue weighted by Gasteiger charge is -2.30. The third-order valence-electron chi connectivity index (χ3n) is 5.48. The molecule has 0 saturated carbocycles. The van der Waals surface area contributed by atoms with Crippen molar-refractivity contribution in [3.05, 3.63) is 95.6 Å². The van der Waals surface area contributed by atoms with Gasteiger partial charge in [-0.25, -0.2) is 0 Å². The van der Waals surface area contributed by atoms with Crippen LogP contribution >= 0.6 is 0 Å². The third-order valence-corrected chi connectivity index (χ3v) is 5.48. The van der Waals surface area contributed by atoms with Crippen molar-refractivity contribution < 1.29 is 20.1 Å². The van der Waals surface area contributed by atoms with E-state index in [1.165, 1.54) is 0 Å². The molecule has 4 aromatic rings. The summed E-state index contributed by atoms with van der Waals surface area (Å²) in [5.74, 6) is 1.23. The number of rotatable bonds is 5. The number of hydrogen-bond donors (Lipinski definition) is 3. The van der Waals surface area contributed by atoms with Crippen molar-refractivity contribution in [3.63, 3.8) is 0 Å². The van der Waals surface area contributed by atoms with Crippen molar-refractivity contribution >= 4 is 17.1 Å². The second-order valence-corrected chi connectivity index (χ2v) is 7.72. The van der Waals surface area contributed by atoms with Gasteiger partial charge in [0, 0.05) is 11.1 Å². The molecule has 0 saturated heterocycles. The van der Waals surface area contributed by atoms with Gasteiger partial charge in [-0.05, 0) is 74.9 Å². The van der Waals surface area contributed by atoms with Crippen LogP contribution in [0.3, 0.4) is 0 Å². The van der Waals surface area contributed by atoms with Gasteiger partial charge in [0.15, 0.2) is 17.2 Å². The predicted molar refractivity (Wildman–Crippen MR) is 127 cm³/mol. The molecule has 0 aromatic heterocycles. The summed E-state index contributed by atoms with van der Waals surface area (Å²) in [4.78, 5) is 1.94. The minimum absolute atomic E-state index is 0.0495. The van der Waals surface area contributed by atoms with Crippen LogP contribution in [0.15, 0.2) is 78.9 Å². The fourth-order valence-corrected chi connectivity index (χ4v) is 3.66. The zero-order valence-corrected chi connectivity index (χ0v) is 18.2. The van der Waals surface area contributed by atoms with E-state index in [0.29, 0.717) is 28.3 Å². The van der Waals surface area contributed by atoms with Crippen LogP contribution in [-0.4, -0.2) is 15.3 Å². The first-order chi connectivity index (χ1) is 15.4. The molecule has 162 valence electrons. The zero-order valence-electron chi connectivity index (χ0n) is 18.2. The lowest BCUT2D eigenvalue weighted by atomic mass is 10.1. The third kappa shape index (κ3) is 3.93. The van der Waals surface area contributed by atoms with E-state index in [-0.39, 0.29) is 17.2 Å². The van der Waals surface area contributed by atoms with Crippen molar-refractivity contribution in [3.8, 4) is 28.7 Å². The van der Waals surface area contributed by atoms with Gasteiger partial charge in [0.2, 0.25) is 0 Å². The molecule has 0 bridgehead atoms. The maximum atomic E-state index is 10.4. The molecule has 0 fully saturated rings. The van der Waals surface area contributed by atoms with Crippen molar-refractivity contribution in [1.29, 1.82) is 0 Å². The minimum Gasteiger partial charge on any atom is -0.508 e. The van der Waals surface area contributed by atoms with Crippen LogP contribution < -0.4 is 9.64 Å². The van der Waals surface area contributed by atoms with E-state index >= 15 is 0 Å². The average Bonchev–Trinajstić information content (AvgIpc) is 2.77. The maximum Gasteiger partial charge on any atom is 0.169 e. The Kier molecular flexibility index (Phi) is 5.65. The van der Waals surface area contributed by atoms with Gasteiger partial charge in [-0.1, -0.05) is 30.3 Å². The monoisotopic (exact) mass is 427 g/mol. The molecule has 3 N–H and O–H groups in total. The van der Waals surface area contributed by atoms with Crippen molar-refractivity contribution in [1.82, 2.24) is 0 Å². The standard InChI is InChI=1S/C27H25NO4/c1-17-14-15-27(25(31)16-17)32-26-13-5-4-8-22(26)28(20-9-6-11-23(29)18(20)2)21-10-7-12-24(30)19(21)3/h4-16,29-31H,1-3H3. The lowest BCUT2D eigenvalue weighted by molar-refractivity contribution is 0.411. The molecule has 5 heteroatoms. The molecule has 0 unspecified atom stereocenters. The molecule has 5 nitrogen and oxygen atoms in total. The van der Waals surface area contributed by atoms with Gasteiger partial charge in [0.25, 0.3) is 0 Å². The number of phenols is 3. The molecule has 0 amide bonds. The Morgan fingerprint density at radius 2 is 1.12 bits per heavy atom. The second-order valence-electron chi connectivity index (χ2n) is 7.72. The summed E-state index contributed by atoms with van der Waals surface area (Å²) < 4.78 is 6.14. The molecule has 0 heterocycles. The topological polar surface area (TPSA) is 73.2 Å². The Balaban J connectivity index is 1.93. The molecule has 0 spiro atoms. The van der Waals surface area contributed by atoms with Gasteiger partial charge in [-0.3, -0.25) is 0 Å². The highest BCUT2D eigenvalue weighted by Gasteiger charge is 2.22. The zero-order chi connectivity index (χ0) is 22.8. The summed E-state index contributed by atoms with van der Waals surface area (Å²) in [7, 11) is 0. The van der Waals surface area contributed by atoms with E-state index in [2.05, 4.69) is 0 Å². The largest absolute Gasteiger partial charge is 0.508 e. The fraction of sp³-hybridized carbons (Fsp3) is 0.111. The van der Waals surface area contributed by atoms with Gasteiger partial charge < -0.3 is 25.0 Å². The SMILES string of the molecule is Cc1ccc(Oc2ccccc2N(c2cccc(O)c2C)c2cccc(O)c2C)c(O)c1. The van der Waals surface area contributed by atoms with Crippen LogP contribution in [0.5, 0.6) is 28.7 Å². The summed E-state index contributed by atoms with van der Waals surface area (Å²) in [6, 6.07) is 23.3.